The largest absolute Gasteiger partial charge is 0.469 e. The topological polar surface area (TPSA) is 153 Å². The molecule has 2 bridgehead atoms. The lowest BCUT2D eigenvalue weighted by molar-refractivity contribution is -0.329. The molecule has 3 aliphatic carbocycles. The van der Waals surface area contributed by atoms with E-state index < -0.39 is 70.2 Å². The van der Waals surface area contributed by atoms with Crippen LogP contribution in [0.2, 0.25) is 0 Å². The molecule has 0 aromatic carbocycles. The van der Waals surface area contributed by atoms with Gasteiger partial charge in [0, 0.05) is 36.5 Å². The van der Waals surface area contributed by atoms with Crippen molar-refractivity contribution in [2.75, 3.05) is 6.61 Å². The third-order valence-electron chi connectivity index (χ3n) is 10.5. The number of carbonyl (C=O) groups excluding carboxylic acids is 3. The van der Waals surface area contributed by atoms with Crippen LogP contribution >= 0.6 is 0 Å². The molecule has 5 rings (SSSR count). The number of fused-ring (bicyclic) bond motifs is 5. The second kappa shape index (κ2) is 9.51. The molecule has 4 aliphatic rings. The number of hydrogen-bond acceptors (Lipinski definition) is 10. The normalized spacial score (nSPS) is 40.0. The lowest BCUT2D eigenvalue weighted by Gasteiger charge is -2.65. The third kappa shape index (κ3) is 4.01. The summed E-state index contributed by atoms with van der Waals surface area (Å²) in [6.07, 6.45) is -2.28. The van der Waals surface area contributed by atoms with Gasteiger partial charge in [-0.3, -0.25) is 9.59 Å². The zero-order valence-corrected chi connectivity index (χ0v) is 23.9. The van der Waals surface area contributed by atoms with Gasteiger partial charge in [-0.1, -0.05) is 33.3 Å². The van der Waals surface area contributed by atoms with E-state index >= 15 is 0 Å². The van der Waals surface area contributed by atoms with Crippen molar-refractivity contribution in [1.29, 1.82) is 0 Å². The summed E-state index contributed by atoms with van der Waals surface area (Å²) in [5, 5.41) is 35.3. The molecule has 0 radical (unpaired) electrons. The zero-order chi connectivity index (χ0) is 29.4. The molecule has 2 heterocycles. The summed E-state index contributed by atoms with van der Waals surface area (Å²) in [7, 11) is 0. The maximum absolute atomic E-state index is 14.1. The van der Waals surface area contributed by atoms with Gasteiger partial charge in [-0.15, -0.1) is 0 Å². The van der Waals surface area contributed by atoms with Crippen LogP contribution in [0, 0.1) is 16.7 Å². The van der Waals surface area contributed by atoms with Gasteiger partial charge in [-0.2, -0.15) is 0 Å². The number of esters is 2. The van der Waals surface area contributed by atoms with Crippen LogP contribution < -0.4 is 0 Å². The standard InChI is InChI=1S/C30H40O10/c1-15-18-12-21(32)28(6)10-9-22-29(35,14-38-22)24(28)25(39-17(3)31)30(36,27(18,4)5)13-20(15)40-26(34)23(33)16(2)19-8-7-11-37-19/h7-8,11,16,20,22-25,33,35-36H,9-10,12-14H2,1-6H3/t16-,20?,22+,23+,24-,25-,28-,29-,30+/m0/s1. The van der Waals surface area contributed by atoms with Crippen LogP contribution in [-0.2, 0) is 28.6 Å². The van der Waals surface area contributed by atoms with Crippen molar-refractivity contribution in [3.8, 4) is 0 Å². The summed E-state index contributed by atoms with van der Waals surface area (Å²) >= 11 is 0. The van der Waals surface area contributed by atoms with Crippen LogP contribution in [0.15, 0.2) is 34.0 Å². The number of rotatable bonds is 5. The average Bonchev–Trinajstić information content (AvgIpc) is 3.41. The molecule has 3 N–H and O–H groups in total. The lowest BCUT2D eigenvalue weighted by Crippen LogP contribution is -2.77. The van der Waals surface area contributed by atoms with Gasteiger partial charge in [-0.05, 0) is 37.5 Å². The molecule has 2 saturated carbocycles. The van der Waals surface area contributed by atoms with Crippen molar-refractivity contribution in [3.63, 3.8) is 0 Å². The molecule has 3 fully saturated rings. The summed E-state index contributed by atoms with van der Waals surface area (Å²) in [5.41, 5.74) is -4.31. The number of carbonyl (C=O) groups is 3. The Hall–Kier alpha value is -2.53. The minimum atomic E-state index is -1.84. The quantitative estimate of drug-likeness (QED) is 0.362. The first kappa shape index (κ1) is 29.0. The van der Waals surface area contributed by atoms with Crippen molar-refractivity contribution in [3.05, 3.63) is 35.3 Å². The first-order chi connectivity index (χ1) is 18.6. The van der Waals surface area contributed by atoms with Crippen molar-refractivity contribution < 1.29 is 48.3 Å². The number of ether oxygens (including phenoxy) is 3. The summed E-state index contributed by atoms with van der Waals surface area (Å²) in [6, 6.07) is 3.30. The van der Waals surface area contributed by atoms with Crippen molar-refractivity contribution >= 4 is 17.7 Å². The molecule has 0 amide bonds. The molecule has 1 aliphatic heterocycles. The smallest absolute Gasteiger partial charge is 0.336 e. The van der Waals surface area contributed by atoms with E-state index in [-0.39, 0.29) is 25.2 Å². The number of furan rings is 1. The first-order valence-electron chi connectivity index (χ1n) is 14.0. The van der Waals surface area contributed by atoms with E-state index in [0.717, 1.165) is 0 Å². The lowest BCUT2D eigenvalue weighted by atomic mass is 9.46. The maximum Gasteiger partial charge on any atom is 0.336 e. The molecule has 10 heteroatoms. The fourth-order valence-electron chi connectivity index (χ4n) is 7.75. The summed E-state index contributed by atoms with van der Waals surface area (Å²) in [5.74, 6) is -2.94. The molecule has 10 nitrogen and oxygen atoms in total. The van der Waals surface area contributed by atoms with Gasteiger partial charge in [0.1, 0.15) is 35.0 Å². The van der Waals surface area contributed by atoms with Crippen LogP contribution in [0.4, 0.5) is 0 Å². The van der Waals surface area contributed by atoms with E-state index in [2.05, 4.69) is 0 Å². The highest BCUT2D eigenvalue weighted by Crippen LogP contribution is 2.63. The van der Waals surface area contributed by atoms with Crippen LogP contribution in [0.3, 0.4) is 0 Å². The van der Waals surface area contributed by atoms with Gasteiger partial charge < -0.3 is 33.9 Å². The van der Waals surface area contributed by atoms with E-state index in [1.54, 1.807) is 46.8 Å². The fraction of sp³-hybridized carbons (Fsp3) is 0.700. The van der Waals surface area contributed by atoms with Gasteiger partial charge in [0.05, 0.1) is 24.9 Å². The van der Waals surface area contributed by atoms with Gasteiger partial charge in [-0.25, -0.2) is 4.79 Å². The van der Waals surface area contributed by atoms with E-state index in [4.69, 9.17) is 18.6 Å². The van der Waals surface area contributed by atoms with Crippen molar-refractivity contribution in [2.24, 2.45) is 16.7 Å². The van der Waals surface area contributed by atoms with Gasteiger partial charge in [0.15, 0.2) is 6.10 Å². The van der Waals surface area contributed by atoms with E-state index in [9.17, 15) is 29.7 Å². The number of Topliss-reactive ketones (excluding diaryl/α,β-unsaturated/α-hetero) is 1. The van der Waals surface area contributed by atoms with E-state index in [1.165, 1.54) is 13.2 Å². The Kier molecular flexibility index (Phi) is 6.89. The Morgan fingerprint density at radius 2 is 1.88 bits per heavy atom. The second-order valence-corrected chi connectivity index (χ2v) is 12.9. The predicted octanol–water partition coefficient (Wildman–Crippen LogP) is 2.58. The minimum absolute atomic E-state index is 0.0259. The number of ketones is 1. The molecule has 1 aromatic heterocycles. The van der Waals surface area contributed by atoms with Crippen LogP contribution in [0.25, 0.3) is 0 Å². The van der Waals surface area contributed by atoms with Crippen molar-refractivity contribution in [2.45, 2.75) is 109 Å². The van der Waals surface area contributed by atoms with Crippen molar-refractivity contribution in [1.82, 2.24) is 0 Å². The van der Waals surface area contributed by atoms with Crippen LogP contribution in [0.1, 0.15) is 78.9 Å². The van der Waals surface area contributed by atoms with Gasteiger partial charge in [0.25, 0.3) is 0 Å². The van der Waals surface area contributed by atoms with E-state index in [1.807, 2.05) is 0 Å². The SMILES string of the molecule is CC(=O)O[C@H]1[C@@H]2[C@]3(O)CO[C@@H]3CC[C@@]2(C)C(=O)CC2=C(C)C(OC(=O)[C@H](O)[C@@H](C)c3ccco3)C[C@]1(O)C2(C)C. The highest BCUT2D eigenvalue weighted by Gasteiger charge is 2.73. The highest BCUT2D eigenvalue weighted by atomic mass is 16.6. The number of aliphatic hydroxyl groups excluding tert-OH is 1. The fourth-order valence-corrected chi connectivity index (χ4v) is 7.75. The molecule has 9 atom stereocenters. The summed E-state index contributed by atoms with van der Waals surface area (Å²) < 4.78 is 22.7. The summed E-state index contributed by atoms with van der Waals surface area (Å²) in [6.45, 7) is 9.92. The highest BCUT2D eigenvalue weighted by molar-refractivity contribution is 5.88. The Morgan fingerprint density at radius 1 is 1.18 bits per heavy atom. The van der Waals surface area contributed by atoms with Crippen LogP contribution in [0.5, 0.6) is 0 Å². The zero-order valence-electron chi connectivity index (χ0n) is 23.9. The molecular formula is C30H40O10. The molecule has 40 heavy (non-hydrogen) atoms. The monoisotopic (exact) mass is 560 g/mol. The van der Waals surface area contributed by atoms with Crippen LogP contribution in [-0.4, -0.2) is 75.3 Å². The Labute approximate surface area is 233 Å². The molecule has 0 spiro atoms. The second-order valence-electron chi connectivity index (χ2n) is 12.9. The maximum atomic E-state index is 14.1. The average molecular weight is 561 g/mol. The van der Waals surface area contributed by atoms with Gasteiger partial charge in [0.2, 0.25) is 0 Å². The Morgan fingerprint density at radius 3 is 2.45 bits per heavy atom. The predicted molar refractivity (Wildman–Crippen MR) is 140 cm³/mol. The third-order valence-corrected chi connectivity index (χ3v) is 10.5. The minimum Gasteiger partial charge on any atom is -0.469 e. The first-order valence-corrected chi connectivity index (χ1v) is 14.0. The van der Waals surface area contributed by atoms with Gasteiger partial charge >= 0.3 is 11.9 Å². The van der Waals surface area contributed by atoms with E-state index in [0.29, 0.717) is 29.7 Å². The Bertz CT molecular complexity index is 1230. The Balaban J connectivity index is 1.59. The molecule has 220 valence electrons. The molecule has 1 saturated heterocycles. The summed E-state index contributed by atoms with van der Waals surface area (Å²) in [4.78, 5) is 39.8. The number of hydrogen-bond donors (Lipinski definition) is 3. The molecular weight excluding hydrogens is 520 g/mol. The number of aliphatic hydroxyl groups is 3. The molecule has 1 unspecified atom stereocenters. The molecule has 1 aromatic rings.